The van der Waals surface area contributed by atoms with Crippen molar-refractivity contribution < 1.29 is 19.4 Å². The number of nitrogens with one attached hydrogen (secondary N) is 1. The van der Waals surface area contributed by atoms with Gasteiger partial charge in [0.05, 0.1) is 25.4 Å². The van der Waals surface area contributed by atoms with Gasteiger partial charge in [-0.1, -0.05) is 44.2 Å². The first-order valence-electron chi connectivity index (χ1n) is 9.63. The fraction of sp³-hybridized carbons (Fsp3) is 0.667. The summed E-state index contributed by atoms with van der Waals surface area (Å²) in [5, 5.41) is 13.2. The normalized spacial score (nSPS) is 24.0. The molecule has 2 atom stereocenters. The average Bonchev–Trinajstić information content (AvgIpc) is 2.60. The lowest BCUT2D eigenvalue weighted by atomic mass is 9.89. The van der Waals surface area contributed by atoms with Crippen LogP contribution in [0.1, 0.15) is 40.2 Å². The SMILES string of the molecule is CC(C)[C@@H]1COCC(CO)(CNC(=O)OC(C)(C)C)N1Cc1ccccc1. The van der Waals surface area contributed by atoms with Gasteiger partial charge in [-0.3, -0.25) is 4.90 Å². The summed E-state index contributed by atoms with van der Waals surface area (Å²) in [4.78, 5) is 14.5. The van der Waals surface area contributed by atoms with Crippen LogP contribution in [0.15, 0.2) is 30.3 Å². The number of alkyl carbamates (subject to hydrolysis) is 1. The predicted octanol–water partition coefficient (Wildman–Crippen LogP) is 2.80. The maximum Gasteiger partial charge on any atom is 0.407 e. The number of aliphatic hydroxyl groups is 1. The topological polar surface area (TPSA) is 71.0 Å². The molecule has 1 aromatic rings. The third kappa shape index (κ3) is 5.92. The highest BCUT2D eigenvalue weighted by molar-refractivity contribution is 5.67. The van der Waals surface area contributed by atoms with E-state index in [1.807, 2.05) is 39.0 Å². The van der Waals surface area contributed by atoms with Crippen LogP contribution in [0.3, 0.4) is 0 Å². The van der Waals surface area contributed by atoms with Gasteiger partial charge in [0.1, 0.15) is 5.60 Å². The van der Waals surface area contributed by atoms with Crippen molar-refractivity contribution in [3.63, 3.8) is 0 Å². The van der Waals surface area contributed by atoms with Gasteiger partial charge in [-0.15, -0.1) is 0 Å². The Morgan fingerprint density at radius 3 is 2.59 bits per heavy atom. The molecule has 1 aliphatic heterocycles. The molecule has 6 heteroatoms. The molecule has 0 bridgehead atoms. The molecule has 2 N–H and O–H groups in total. The molecule has 1 unspecified atom stereocenters. The van der Waals surface area contributed by atoms with Crippen LogP contribution in [0.2, 0.25) is 0 Å². The molecular formula is C21H34N2O4. The number of carbonyl (C=O) groups excluding carboxylic acids is 1. The summed E-state index contributed by atoms with van der Waals surface area (Å²) in [5.41, 5.74) is -0.0935. The summed E-state index contributed by atoms with van der Waals surface area (Å²) < 4.78 is 11.2. The molecule has 1 aliphatic rings. The summed E-state index contributed by atoms with van der Waals surface area (Å²) in [7, 11) is 0. The molecule has 1 saturated heterocycles. The lowest BCUT2D eigenvalue weighted by Crippen LogP contribution is -2.68. The van der Waals surface area contributed by atoms with Gasteiger partial charge in [-0.2, -0.15) is 0 Å². The van der Waals surface area contributed by atoms with Gasteiger partial charge < -0.3 is 19.9 Å². The fourth-order valence-electron chi connectivity index (χ4n) is 3.41. The highest BCUT2D eigenvalue weighted by Gasteiger charge is 2.45. The Morgan fingerprint density at radius 2 is 2.04 bits per heavy atom. The van der Waals surface area contributed by atoms with Crippen molar-refractivity contribution in [3.05, 3.63) is 35.9 Å². The van der Waals surface area contributed by atoms with E-state index in [0.29, 0.717) is 25.7 Å². The Labute approximate surface area is 162 Å². The van der Waals surface area contributed by atoms with Gasteiger partial charge in [0.2, 0.25) is 0 Å². The number of carbonyl (C=O) groups is 1. The molecular weight excluding hydrogens is 344 g/mol. The highest BCUT2D eigenvalue weighted by Crippen LogP contribution is 2.30. The van der Waals surface area contributed by atoms with Crippen molar-refractivity contribution in [2.24, 2.45) is 5.92 Å². The zero-order valence-electron chi connectivity index (χ0n) is 17.2. The summed E-state index contributed by atoms with van der Waals surface area (Å²) in [6.45, 7) is 11.6. The van der Waals surface area contributed by atoms with E-state index in [1.54, 1.807) is 0 Å². The van der Waals surface area contributed by atoms with Crippen LogP contribution < -0.4 is 5.32 Å². The zero-order valence-corrected chi connectivity index (χ0v) is 17.2. The fourth-order valence-corrected chi connectivity index (χ4v) is 3.41. The molecule has 0 saturated carbocycles. The van der Waals surface area contributed by atoms with Crippen molar-refractivity contribution in [2.75, 3.05) is 26.4 Å². The van der Waals surface area contributed by atoms with Crippen LogP contribution in [-0.4, -0.2) is 59.6 Å². The van der Waals surface area contributed by atoms with E-state index in [9.17, 15) is 9.90 Å². The summed E-state index contributed by atoms with van der Waals surface area (Å²) in [6, 6.07) is 10.3. The van der Waals surface area contributed by atoms with Crippen molar-refractivity contribution in [1.82, 2.24) is 10.2 Å². The van der Waals surface area contributed by atoms with Crippen LogP contribution in [-0.2, 0) is 16.0 Å². The zero-order chi connectivity index (χ0) is 20.1. The summed E-state index contributed by atoms with van der Waals surface area (Å²) in [5.74, 6) is 0.349. The third-order valence-electron chi connectivity index (χ3n) is 4.89. The maximum atomic E-state index is 12.2. The second-order valence-electron chi connectivity index (χ2n) is 8.68. The lowest BCUT2D eigenvalue weighted by molar-refractivity contribution is -0.137. The Hall–Kier alpha value is -1.63. The lowest BCUT2D eigenvalue weighted by Gasteiger charge is -2.51. The summed E-state index contributed by atoms with van der Waals surface area (Å²) in [6.07, 6.45) is -0.485. The average molecular weight is 379 g/mol. The number of hydrogen-bond donors (Lipinski definition) is 2. The van der Waals surface area contributed by atoms with E-state index in [2.05, 4.69) is 36.2 Å². The Morgan fingerprint density at radius 1 is 1.37 bits per heavy atom. The number of morpholine rings is 1. The molecule has 0 aromatic heterocycles. The summed E-state index contributed by atoms with van der Waals surface area (Å²) >= 11 is 0. The maximum absolute atomic E-state index is 12.2. The van der Waals surface area contributed by atoms with E-state index in [4.69, 9.17) is 9.47 Å². The van der Waals surface area contributed by atoms with E-state index >= 15 is 0 Å². The first-order chi connectivity index (χ1) is 12.7. The largest absolute Gasteiger partial charge is 0.444 e. The molecule has 1 heterocycles. The van der Waals surface area contributed by atoms with Crippen molar-refractivity contribution in [1.29, 1.82) is 0 Å². The third-order valence-corrected chi connectivity index (χ3v) is 4.89. The smallest absolute Gasteiger partial charge is 0.407 e. The molecule has 0 aliphatic carbocycles. The van der Waals surface area contributed by atoms with Crippen molar-refractivity contribution in [3.8, 4) is 0 Å². The first kappa shape index (κ1) is 21.7. The first-order valence-corrected chi connectivity index (χ1v) is 9.63. The number of amides is 1. The number of nitrogens with zero attached hydrogens (tertiary/aromatic N) is 1. The van der Waals surface area contributed by atoms with Crippen molar-refractivity contribution >= 4 is 6.09 Å². The van der Waals surface area contributed by atoms with Crippen molar-refractivity contribution in [2.45, 2.75) is 58.3 Å². The molecule has 27 heavy (non-hydrogen) atoms. The Kier molecular flexibility index (Phi) is 7.25. The number of ether oxygens (including phenoxy) is 2. The van der Waals surface area contributed by atoms with E-state index in [1.165, 1.54) is 5.56 Å². The van der Waals surface area contributed by atoms with Crippen LogP contribution in [0.25, 0.3) is 0 Å². The predicted molar refractivity (Wildman–Crippen MR) is 105 cm³/mol. The van der Waals surface area contributed by atoms with E-state index in [-0.39, 0.29) is 19.2 Å². The molecule has 6 nitrogen and oxygen atoms in total. The van der Waals surface area contributed by atoms with Gasteiger partial charge in [0.25, 0.3) is 0 Å². The van der Waals surface area contributed by atoms with Gasteiger partial charge >= 0.3 is 6.09 Å². The molecule has 2 rings (SSSR count). The number of hydrogen-bond acceptors (Lipinski definition) is 5. The van der Waals surface area contributed by atoms with Gasteiger partial charge in [0.15, 0.2) is 0 Å². The molecule has 0 spiro atoms. The van der Waals surface area contributed by atoms with Gasteiger partial charge in [-0.25, -0.2) is 4.79 Å². The highest BCUT2D eigenvalue weighted by atomic mass is 16.6. The minimum Gasteiger partial charge on any atom is -0.444 e. The minimum absolute atomic E-state index is 0.112. The second-order valence-corrected chi connectivity index (χ2v) is 8.68. The second kappa shape index (κ2) is 9.04. The molecule has 1 fully saturated rings. The molecule has 1 amide bonds. The van der Waals surface area contributed by atoms with Crippen LogP contribution in [0.4, 0.5) is 4.79 Å². The van der Waals surface area contributed by atoms with Crippen LogP contribution >= 0.6 is 0 Å². The minimum atomic E-state index is -0.695. The molecule has 152 valence electrons. The van der Waals surface area contributed by atoms with Crippen LogP contribution in [0, 0.1) is 5.92 Å². The standard InChI is InChI=1S/C21H34N2O4/c1-16(2)18-12-26-15-21(14-24,13-22-19(25)27-20(3,4)5)23(18)11-17-9-7-6-8-10-17/h6-10,16,18,24H,11-15H2,1-5H3,(H,22,25)/t18-,21?/m0/s1. The quantitative estimate of drug-likeness (QED) is 0.796. The van der Waals surface area contributed by atoms with Gasteiger partial charge in [0, 0.05) is 19.1 Å². The number of aliphatic hydroxyl groups excluding tert-OH is 1. The van der Waals surface area contributed by atoms with E-state index in [0.717, 1.165) is 0 Å². The number of rotatable bonds is 6. The number of benzene rings is 1. The van der Waals surface area contributed by atoms with Gasteiger partial charge in [-0.05, 0) is 32.3 Å². The van der Waals surface area contributed by atoms with E-state index < -0.39 is 17.2 Å². The monoisotopic (exact) mass is 378 g/mol. The van der Waals surface area contributed by atoms with Crippen LogP contribution in [0.5, 0.6) is 0 Å². The Bertz CT molecular complexity index is 600. The molecule has 0 radical (unpaired) electrons. The Balaban J connectivity index is 2.21. The molecule has 1 aromatic carbocycles.